The molecule has 1 fully saturated rings. The highest BCUT2D eigenvalue weighted by atomic mass is 79.9. The fraction of sp³-hybridized carbons (Fsp3) is 0.462. The van der Waals surface area contributed by atoms with E-state index in [0.29, 0.717) is 11.8 Å². The molecule has 0 radical (unpaired) electrons. The van der Waals surface area contributed by atoms with Crippen LogP contribution in [0.4, 0.5) is 0 Å². The van der Waals surface area contributed by atoms with Crippen LogP contribution in [-0.2, 0) is 9.53 Å². The summed E-state index contributed by atoms with van der Waals surface area (Å²) in [5, 5.41) is 3.32. The molecule has 1 atom stereocenters. The molecule has 1 aromatic rings. The number of halogens is 1. The van der Waals surface area contributed by atoms with Crippen LogP contribution in [0.25, 0.3) is 0 Å². The van der Waals surface area contributed by atoms with Crippen LogP contribution >= 0.6 is 27.7 Å². The smallest absolute Gasteiger partial charge is 0.323 e. The van der Waals surface area contributed by atoms with E-state index >= 15 is 0 Å². The van der Waals surface area contributed by atoms with Gasteiger partial charge >= 0.3 is 5.97 Å². The van der Waals surface area contributed by atoms with Crippen molar-refractivity contribution in [3.05, 3.63) is 28.7 Å². The summed E-state index contributed by atoms with van der Waals surface area (Å²) >= 11 is 5.07. The minimum Gasteiger partial charge on any atom is -0.468 e. The second kappa shape index (κ2) is 6.59. The number of rotatable bonds is 6. The molecule has 0 spiro atoms. The number of methoxy groups -OCH3 is 1. The normalized spacial score (nSPS) is 16.3. The minimum absolute atomic E-state index is 0.175. The van der Waals surface area contributed by atoms with Crippen molar-refractivity contribution < 1.29 is 9.53 Å². The van der Waals surface area contributed by atoms with Gasteiger partial charge in [-0.25, -0.2) is 0 Å². The molecule has 0 saturated heterocycles. The number of thioether (sulfide) groups is 1. The molecule has 0 bridgehead atoms. The lowest BCUT2D eigenvalue weighted by atomic mass is 10.3. The Bertz CT molecular complexity index is 406. The van der Waals surface area contributed by atoms with Crippen molar-refractivity contribution in [2.45, 2.75) is 29.8 Å². The highest BCUT2D eigenvalue weighted by Gasteiger charge is 2.28. The first kappa shape index (κ1) is 13.9. The number of esters is 1. The van der Waals surface area contributed by atoms with Gasteiger partial charge in [0.15, 0.2) is 0 Å². The zero-order chi connectivity index (χ0) is 13.0. The molecular weight excluding hydrogens is 314 g/mol. The van der Waals surface area contributed by atoms with Crippen LogP contribution in [-0.4, -0.2) is 30.9 Å². The van der Waals surface area contributed by atoms with Crippen LogP contribution in [0, 0.1) is 0 Å². The van der Waals surface area contributed by atoms with Crippen molar-refractivity contribution in [3.8, 4) is 0 Å². The van der Waals surface area contributed by atoms with Crippen molar-refractivity contribution in [2.24, 2.45) is 0 Å². The highest BCUT2D eigenvalue weighted by molar-refractivity contribution is 9.10. The molecule has 1 aromatic carbocycles. The molecule has 1 unspecified atom stereocenters. The summed E-state index contributed by atoms with van der Waals surface area (Å²) in [4.78, 5) is 12.8. The maximum Gasteiger partial charge on any atom is 0.323 e. The van der Waals surface area contributed by atoms with Gasteiger partial charge in [-0.05, 0) is 37.1 Å². The van der Waals surface area contributed by atoms with E-state index in [4.69, 9.17) is 4.74 Å². The van der Waals surface area contributed by atoms with Gasteiger partial charge in [-0.1, -0.05) is 15.9 Å². The number of hydrogen-bond donors (Lipinski definition) is 1. The Morgan fingerprint density at radius 3 is 2.72 bits per heavy atom. The highest BCUT2D eigenvalue weighted by Crippen LogP contribution is 2.24. The molecule has 3 nitrogen and oxygen atoms in total. The summed E-state index contributed by atoms with van der Waals surface area (Å²) in [5.74, 6) is 0.525. The molecule has 0 heterocycles. The first-order valence-corrected chi connectivity index (χ1v) is 7.69. The number of benzene rings is 1. The maximum atomic E-state index is 11.6. The van der Waals surface area contributed by atoms with E-state index in [2.05, 4.69) is 21.2 Å². The third kappa shape index (κ3) is 4.30. The summed E-state index contributed by atoms with van der Waals surface area (Å²) in [5.41, 5.74) is 0. The third-order valence-corrected chi connectivity index (χ3v) is 4.36. The predicted octanol–water partition coefficient (Wildman–Crippen LogP) is 2.83. The largest absolute Gasteiger partial charge is 0.468 e. The van der Waals surface area contributed by atoms with E-state index in [1.54, 1.807) is 11.8 Å². The fourth-order valence-electron chi connectivity index (χ4n) is 1.57. The van der Waals surface area contributed by atoms with Crippen molar-refractivity contribution in [1.82, 2.24) is 5.32 Å². The van der Waals surface area contributed by atoms with Crippen molar-refractivity contribution in [3.63, 3.8) is 0 Å². The quantitative estimate of drug-likeness (QED) is 0.643. The Kier molecular flexibility index (Phi) is 5.09. The van der Waals surface area contributed by atoms with E-state index in [1.807, 2.05) is 24.3 Å². The van der Waals surface area contributed by atoms with Gasteiger partial charge in [0.1, 0.15) is 6.04 Å². The molecule has 1 aliphatic carbocycles. The van der Waals surface area contributed by atoms with E-state index in [0.717, 1.165) is 22.2 Å². The molecule has 0 aliphatic heterocycles. The van der Waals surface area contributed by atoms with Crippen LogP contribution in [0.5, 0.6) is 0 Å². The molecule has 18 heavy (non-hydrogen) atoms. The number of ether oxygens (including phenoxy) is 1. The van der Waals surface area contributed by atoms with Gasteiger partial charge in [0, 0.05) is 21.2 Å². The van der Waals surface area contributed by atoms with Gasteiger partial charge < -0.3 is 10.1 Å². The Morgan fingerprint density at radius 2 is 2.17 bits per heavy atom. The predicted molar refractivity (Wildman–Crippen MR) is 76.8 cm³/mol. The molecule has 1 aliphatic rings. The topological polar surface area (TPSA) is 38.3 Å². The van der Waals surface area contributed by atoms with Crippen LogP contribution in [0.1, 0.15) is 12.8 Å². The van der Waals surface area contributed by atoms with Crippen molar-refractivity contribution in [1.29, 1.82) is 0 Å². The molecule has 1 N–H and O–H groups in total. The van der Waals surface area contributed by atoms with Crippen LogP contribution in [0.2, 0.25) is 0 Å². The number of carbonyl (C=O) groups is 1. The van der Waals surface area contributed by atoms with Gasteiger partial charge in [0.25, 0.3) is 0 Å². The zero-order valence-electron chi connectivity index (χ0n) is 10.2. The van der Waals surface area contributed by atoms with Gasteiger partial charge in [-0.3, -0.25) is 4.79 Å². The Balaban J connectivity index is 1.87. The first-order chi connectivity index (χ1) is 8.69. The Morgan fingerprint density at radius 1 is 1.50 bits per heavy atom. The second-order valence-electron chi connectivity index (χ2n) is 4.28. The number of carbonyl (C=O) groups excluding carboxylic acids is 1. The molecule has 98 valence electrons. The minimum atomic E-state index is -0.212. The zero-order valence-corrected chi connectivity index (χ0v) is 12.6. The average molecular weight is 330 g/mol. The standard InChI is InChI=1S/C13H16BrNO2S/c1-17-13(16)12(15-10-4-5-10)8-18-11-6-2-9(14)3-7-11/h2-3,6-7,10,12,15H,4-5,8H2,1H3. The third-order valence-electron chi connectivity index (χ3n) is 2.73. The molecule has 1 saturated carbocycles. The summed E-state index contributed by atoms with van der Waals surface area (Å²) in [6.07, 6.45) is 2.33. The molecule has 0 aromatic heterocycles. The van der Waals surface area contributed by atoms with Gasteiger partial charge in [0.2, 0.25) is 0 Å². The van der Waals surface area contributed by atoms with E-state index in [-0.39, 0.29) is 12.0 Å². The second-order valence-corrected chi connectivity index (χ2v) is 6.29. The van der Waals surface area contributed by atoms with Crippen molar-refractivity contribution in [2.75, 3.05) is 12.9 Å². The van der Waals surface area contributed by atoms with E-state index in [9.17, 15) is 4.79 Å². The van der Waals surface area contributed by atoms with E-state index < -0.39 is 0 Å². The summed E-state index contributed by atoms with van der Waals surface area (Å²) in [7, 11) is 1.44. The lowest BCUT2D eigenvalue weighted by molar-refractivity contribution is -0.142. The molecule has 2 rings (SSSR count). The maximum absolute atomic E-state index is 11.6. The number of nitrogens with one attached hydrogen (secondary N) is 1. The summed E-state index contributed by atoms with van der Waals surface area (Å²) in [6, 6.07) is 8.38. The van der Waals surface area contributed by atoms with Crippen LogP contribution in [0.15, 0.2) is 33.6 Å². The van der Waals surface area contributed by atoms with Gasteiger partial charge in [-0.2, -0.15) is 0 Å². The van der Waals surface area contributed by atoms with Crippen molar-refractivity contribution >= 4 is 33.7 Å². The monoisotopic (exact) mass is 329 g/mol. The van der Waals surface area contributed by atoms with Gasteiger partial charge in [0.05, 0.1) is 7.11 Å². The van der Waals surface area contributed by atoms with Crippen LogP contribution < -0.4 is 5.32 Å². The van der Waals surface area contributed by atoms with Gasteiger partial charge in [-0.15, -0.1) is 11.8 Å². The SMILES string of the molecule is COC(=O)C(CSc1ccc(Br)cc1)NC1CC1. The summed E-state index contributed by atoms with van der Waals surface area (Å²) < 4.78 is 5.89. The van der Waals surface area contributed by atoms with E-state index in [1.165, 1.54) is 7.11 Å². The molecule has 0 amide bonds. The lowest BCUT2D eigenvalue weighted by Crippen LogP contribution is -2.40. The summed E-state index contributed by atoms with van der Waals surface area (Å²) in [6.45, 7) is 0. The lowest BCUT2D eigenvalue weighted by Gasteiger charge is -2.15. The average Bonchev–Trinajstić information content (AvgIpc) is 3.19. The first-order valence-electron chi connectivity index (χ1n) is 5.91. The Labute approximate surface area is 120 Å². The number of hydrogen-bond acceptors (Lipinski definition) is 4. The van der Waals surface area contributed by atoms with Crippen LogP contribution in [0.3, 0.4) is 0 Å². The Hall–Kier alpha value is -0.520. The molecule has 5 heteroatoms. The fourth-order valence-corrected chi connectivity index (χ4v) is 2.76. The molecular formula is C13H16BrNO2S.